The van der Waals surface area contributed by atoms with Gasteiger partial charge in [0.2, 0.25) is 0 Å². The summed E-state index contributed by atoms with van der Waals surface area (Å²) >= 11 is 0. The second-order valence-electron chi connectivity index (χ2n) is 6.64. The number of anilines is 1. The second-order valence-corrected chi connectivity index (χ2v) is 6.64. The normalized spacial score (nSPS) is 16.6. The van der Waals surface area contributed by atoms with Gasteiger partial charge in [0, 0.05) is 71.3 Å². The number of nitrogens with zero attached hydrogens (tertiary/aromatic N) is 3. The molecule has 1 unspecified atom stereocenters. The van der Waals surface area contributed by atoms with Crippen molar-refractivity contribution in [2.24, 2.45) is 4.99 Å². The molecule has 2 rings (SSSR count). The van der Waals surface area contributed by atoms with E-state index in [0.717, 1.165) is 64.9 Å². The average molecular weight is 489 g/mol. The van der Waals surface area contributed by atoms with Crippen molar-refractivity contribution in [3.63, 3.8) is 0 Å². The van der Waals surface area contributed by atoms with Gasteiger partial charge >= 0.3 is 0 Å². The molecule has 0 radical (unpaired) electrons. The Kier molecular flexibility index (Phi) is 12.4. The van der Waals surface area contributed by atoms with Crippen molar-refractivity contribution in [2.75, 3.05) is 64.4 Å². The van der Waals surface area contributed by atoms with E-state index < -0.39 is 0 Å². The Morgan fingerprint density at radius 2 is 1.85 bits per heavy atom. The Hall–Kier alpha value is -1.06. The van der Waals surface area contributed by atoms with Crippen LogP contribution in [0.2, 0.25) is 0 Å². The van der Waals surface area contributed by atoms with Gasteiger partial charge in [-0.3, -0.25) is 9.89 Å². The summed E-state index contributed by atoms with van der Waals surface area (Å²) in [6.45, 7) is 12.0. The van der Waals surface area contributed by atoms with Crippen LogP contribution in [0.4, 0.5) is 5.69 Å². The van der Waals surface area contributed by atoms with Crippen LogP contribution in [-0.4, -0.2) is 76.4 Å². The predicted octanol–water partition coefficient (Wildman–Crippen LogP) is 2.41. The Morgan fingerprint density at radius 1 is 1.15 bits per heavy atom. The molecule has 1 aliphatic rings. The molecule has 0 saturated carbocycles. The first-order valence-electron chi connectivity index (χ1n) is 9.81. The molecular weight excluding hydrogens is 453 g/mol. The van der Waals surface area contributed by atoms with Gasteiger partial charge in [0.1, 0.15) is 0 Å². The maximum atomic E-state index is 5.36. The standard InChI is InChI=1S/C20H35N5O.HI/c1-4-26-16-8-11-22-20(21-3)23-17-18(2)24-12-14-25(15-13-24)19-9-6-5-7-10-19;/h5-7,9-10,18H,4,8,11-17H2,1-3H3,(H2,21,22,23);1H. The first-order chi connectivity index (χ1) is 12.7. The van der Waals surface area contributed by atoms with Gasteiger partial charge < -0.3 is 20.3 Å². The van der Waals surface area contributed by atoms with Crippen LogP contribution < -0.4 is 15.5 Å². The summed E-state index contributed by atoms with van der Waals surface area (Å²) in [5, 5.41) is 6.79. The fraction of sp³-hybridized carbons (Fsp3) is 0.650. The molecule has 1 atom stereocenters. The number of rotatable bonds is 9. The lowest BCUT2D eigenvalue weighted by molar-refractivity contribution is 0.145. The number of nitrogens with one attached hydrogen (secondary N) is 2. The summed E-state index contributed by atoms with van der Waals surface area (Å²) in [6, 6.07) is 11.2. The molecule has 27 heavy (non-hydrogen) atoms. The molecule has 1 aliphatic heterocycles. The van der Waals surface area contributed by atoms with Gasteiger partial charge in [-0.25, -0.2) is 0 Å². The van der Waals surface area contributed by atoms with Crippen molar-refractivity contribution in [1.29, 1.82) is 0 Å². The molecule has 0 aromatic heterocycles. The molecule has 6 nitrogen and oxygen atoms in total. The maximum Gasteiger partial charge on any atom is 0.191 e. The molecule has 1 aromatic rings. The third-order valence-electron chi connectivity index (χ3n) is 4.81. The highest BCUT2D eigenvalue weighted by Crippen LogP contribution is 2.16. The molecule has 0 spiro atoms. The Bertz CT molecular complexity index is 520. The molecule has 1 saturated heterocycles. The first-order valence-corrected chi connectivity index (χ1v) is 9.81. The summed E-state index contributed by atoms with van der Waals surface area (Å²) in [4.78, 5) is 9.32. The minimum atomic E-state index is 0. The molecule has 2 N–H and O–H groups in total. The lowest BCUT2D eigenvalue weighted by Crippen LogP contribution is -2.53. The van der Waals surface area contributed by atoms with Crippen molar-refractivity contribution in [2.45, 2.75) is 26.3 Å². The lowest BCUT2D eigenvalue weighted by Gasteiger charge is -2.39. The summed E-state index contributed by atoms with van der Waals surface area (Å²) in [6.07, 6.45) is 0.992. The van der Waals surface area contributed by atoms with Crippen molar-refractivity contribution in [1.82, 2.24) is 15.5 Å². The Balaban J connectivity index is 0.00000364. The van der Waals surface area contributed by atoms with E-state index >= 15 is 0 Å². The van der Waals surface area contributed by atoms with E-state index in [4.69, 9.17) is 4.74 Å². The van der Waals surface area contributed by atoms with Gasteiger partial charge in [-0.1, -0.05) is 18.2 Å². The molecule has 1 heterocycles. The fourth-order valence-corrected chi connectivity index (χ4v) is 3.18. The third kappa shape index (κ3) is 8.66. The van der Waals surface area contributed by atoms with Crippen LogP contribution in [0.15, 0.2) is 35.3 Å². The number of aliphatic imine (C=N–C) groups is 1. The van der Waals surface area contributed by atoms with E-state index in [1.807, 2.05) is 14.0 Å². The Morgan fingerprint density at radius 3 is 2.48 bits per heavy atom. The van der Waals surface area contributed by atoms with Gasteiger partial charge in [0.15, 0.2) is 5.96 Å². The van der Waals surface area contributed by atoms with E-state index in [0.29, 0.717) is 6.04 Å². The number of hydrogen-bond acceptors (Lipinski definition) is 4. The number of benzene rings is 1. The first kappa shape index (κ1) is 24.0. The van der Waals surface area contributed by atoms with E-state index in [1.54, 1.807) is 0 Å². The number of hydrogen-bond donors (Lipinski definition) is 2. The summed E-state index contributed by atoms with van der Waals surface area (Å²) in [7, 11) is 1.82. The van der Waals surface area contributed by atoms with Crippen molar-refractivity contribution < 1.29 is 4.74 Å². The van der Waals surface area contributed by atoms with E-state index in [1.165, 1.54) is 5.69 Å². The van der Waals surface area contributed by atoms with E-state index in [9.17, 15) is 0 Å². The molecule has 1 aromatic carbocycles. The van der Waals surface area contributed by atoms with Crippen LogP contribution in [0, 0.1) is 0 Å². The van der Waals surface area contributed by atoms with Gasteiger partial charge in [-0.05, 0) is 32.4 Å². The lowest BCUT2D eigenvalue weighted by atomic mass is 10.2. The minimum Gasteiger partial charge on any atom is -0.382 e. The zero-order valence-corrected chi connectivity index (χ0v) is 19.3. The van der Waals surface area contributed by atoms with Crippen LogP contribution in [0.1, 0.15) is 20.3 Å². The van der Waals surface area contributed by atoms with Crippen molar-refractivity contribution in [3.8, 4) is 0 Å². The molecular formula is C20H36IN5O. The highest BCUT2D eigenvalue weighted by Gasteiger charge is 2.21. The number of halogens is 1. The van der Waals surface area contributed by atoms with Crippen LogP contribution >= 0.6 is 24.0 Å². The van der Waals surface area contributed by atoms with Crippen LogP contribution in [0.5, 0.6) is 0 Å². The Labute approximate surface area is 181 Å². The SMILES string of the molecule is CCOCCCNC(=NC)NCC(C)N1CCN(c2ccccc2)CC1.I. The third-order valence-corrected chi connectivity index (χ3v) is 4.81. The molecule has 0 amide bonds. The van der Waals surface area contributed by atoms with E-state index in [-0.39, 0.29) is 24.0 Å². The number of guanidine groups is 1. The number of para-hydroxylation sites is 1. The van der Waals surface area contributed by atoms with Crippen LogP contribution in [0.25, 0.3) is 0 Å². The van der Waals surface area contributed by atoms with Gasteiger partial charge in [-0.2, -0.15) is 0 Å². The smallest absolute Gasteiger partial charge is 0.191 e. The van der Waals surface area contributed by atoms with E-state index in [2.05, 4.69) is 62.7 Å². The van der Waals surface area contributed by atoms with Gasteiger partial charge in [0.25, 0.3) is 0 Å². The summed E-state index contributed by atoms with van der Waals surface area (Å²) in [5.41, 5.74) is 1.33. The summed E-state index contributed by atoms with van der Waals surface area (Å²) in [5.74, 6) is 0.872. The van der Waals surface area contributed by atoms with Crippen molar-refractivity contribution in [3.05, 3.63) is 30.3 Å². The average Bonchev–Trinajstić information content (AvgIpc) is 2.70. The monoisotopic (exact) mass is 489 g/mol. The number of ether oxygens (including phenoxy) is 1. The second kappa shape index (κ2) is 14.0. The molecule has 7 heteroatoms. The zero-order valence-electron chi connectivity index (χ0n) is 17.0. The minimum absolute atomic E-state index is 0. The van der Waals surface area contributed by atoms with Crippen molar-refractivity contribution >= 4 is 35.6 Å². The topological polar surface area (TPSA) is 52.1 Å². The summed E-state index contributed by atoms with van der Waals surface area (Å²) < 4.78 is 5.36. The quantitative estimate of drug-likeness (QED) is 0.242. The molecule has 0 aliphatic carbocycles. The maximum absolute atomic E-state index is 5.36. The highest BCUT2D eigenvalue weighted by atomic mass is 127. The van der Waals surface area contributed by atoms with Gasteiger partial charge in [0.05, 0.1) is 0 Å². The molecule has 0 bridgehead atoms. The highest BCUT2D eigenvalue weighted by molar-refractivity contribution is 14.0. The van der Waals surface area contributed by atoms with Gasteiger partial charge in [-0.15, -0.1) is 24.0 Å². The fourth-order valence-electron chi connectivity index (χ4n) is 3.18. The number of piperazine rings is 1. The van der Waals surface area contributed by atoms with Crippen LogP contribution in [-0.2, 0) is 4.74 Å². The molecule has 154 valence electrons. The largest absolute Gasteiger partial charge is 0.382 e. The van der Waals surface area contributed by atoms with Crippen LogP contribution in [0.3, 0.4) is 0 Å². The zero-order chi connectivity index (χ0) is 18.6. The molecule has 1 fully saturated rings. The predicted molar refractivity (Wildman–Crippen MR) is 126 cm³/mol.